The van der Waals surface area contributed by atoms with Crippen molar-refractivity contribution in [2.24, 2.45) is 5.92 Å². The van der Waals surface area contributed by atoms with Gasteiger partial charge < -0.3 is 10.1 Å². The van der Waals surface area contributed by atoms with Crippen LogP contribution in [0.15, 0.2) is 53.3 Å². The fourth-order valence-corrected chi connectivity index (χ4v) is 4.26. The van der Waals surface area contributed by atoms with E-state index in [9.17, 15) is 9.59 Å². The summed E-state index contributed by atoms with van der Waals surface area (Å²) in [7, 11) is 1.59. The number of carbonyl (C=O) groups is 1. The van der Waals surface area contributed by atoms with Gasteiger partial charge in [0.1, 0.15) is 17.3 Å². The Labute approximate surface area is 192 Å². The summed E-state index contributed by atoms with van der Waals surface area (Å²) in [6.07, 6.45) is 4.95. The minimum Gasteiger partial charge on any atom is -0.497 e. The van der Waals surface area contributed by atoms with Gasteiger partial charge in [-0.3, -0.25) is 9.59 Å². The Morgan fingerprint density at radius 2 is 1.72 bits per heavy atom. The second-order valence-corrected chi connectivity index (χ2v) is 8.52. The second kappa shape index (κ2) is 9.57. The van der Waals surface area contributed by atoms with E-state index in [0.717, 1.165) is 32.1 Å². The SMILES string of the molecule is COc1ccc(-c2c(NC(=O)C3CCCCC3)n(-c3ccc(Cl)cc3)nc(C)c2=O)cc1. The lowest BCUT2D eigenvalue weighted by Crippen LogP contribution is -2.29. The zero-order valence-corrected chi connectivity index (χ0v) is 19.0. The van der Waals surface area contributed by atoms with Gasteiger partial charge in [-0.1, -0.05) is 43.0 Å². The number of benzene rings is 2. The molecule has 1 heterocycles. The highest BCUT2D eigenvalue weighted by molar-refractivity contribution is 6.30. The predicted octanol–water partition coefficient (Wildman–Crippen LogP) is 5.39. The highest BCUT2D eigenvalue weighted by atomic mass is 35.5. The summed E-state index contributed by atoms with van der Waals surface area (Å²) in [6, 6.07) is 14.4. The van der Waals surface area contributed by atoms with Crippen LogP contribution in [0, 0.1) is 12.8 Å². The van der Waals surface area contributed by atoms with E-state index in [1.807, 2.05) is 24.3 Å². The molecule has 166 valence electrons. The molecule has 0 spiro atoms. The van der Waals surface area contributed by atoms with Crippen LogP contribution in [0.5, 0.6) is 5.75 Å². The molecule has 2 aromatic carbocycles. The number of carbonyl (C=O) groups excluding carboxylic acids is 1. The van der Waals surface area contributed by atoms with Crippen LogP contribution in [0.1, 0.15) is 37.8 Å². The molecule has 6 nitrogen and oxygen atoms in total. The number of aromatic nitrogens is 2. The third-order valence-corrected chi connectivity index (χ3v) is 6.17. The molecule has 1 aliphatic rings. The smallest absolute Gasteiger partial charge is 0.228 e. The van der Waals surface area contributed by atoms with Gasteiger partial charge in [-0.15, -0.1) is 0 Å². The number of anilines is 1. The Morgan fingerprint density at radius 3 is 2.34 bits per heavy atom. The lowest BCUT2D eigenvalue weighted by molar-refractivity contribution is -0.120. The van der Waals surface area contributed by atoms with Gasteiger partial charge in [0.05, 0.1) is 18.4 Å². The molecule has 1 amide bonds. The van der Waals surface area contributed by atoms with Gasteiger partial charge in [0, 0.05) is 10.9 Å². The first-order valence-corrected chi connectivity index (χ1v) is 11.2. The molecule has 3 aromatic rings. The molecule has 0 aliphatic heterocycles. The van der Waals surface area contributed by atoms with Crippen molar-refractivity contribution >= 4 is 23.3 Å². The molecule has 7 heteroatoms. The Kier molecular flexibility index (Phi) is 6.61. The van der Waals surface area contributed by atoms with Crippen molar-refractivity contribution in [3.63, 3.8) is 0 Å². The summed E-state index contributed by atoms with van der Waals surface area (Å²) >= 11 is 6.08. The summed E-state index contributed by atoms with van der Waals surface area (Å²) in [5.74, 6) is 0.906. The van der Waals surface area contributed by atoms with Crippen molar-refractivity contribution in [2.75, 3.05) is 12.4 Å². The molecule has 0 atom stereocenters. The summed E-state index contributed by atoms with van der Waals surface area (Å²) in [5, 5.41) is 8.16. The molecule has 1 fully saturated rings. The van der Waals surface area contributed by atoms with Crippen LogP contribution in [0.2, 0.25) is 5.02 Å². The molecular formula is C25H26ClN3O3. The summed E-state index contributed by atoms with van der Waals surface area (Å²) in [5.41, 5.74) is 1.90. The molecule has 1 aromatic heterocycles. The number of halogens is 1. The third kappa shape index (κ3) is 4.55. The second-order valence-electron chi connectivity index (χ2n) is 8.08. The normalized spacial score (nSPS) is 14.2. The first-order chi connectivity index (χ1) is 15.5. The maximum atomic E-state index is 13.3. The zero-order chi connectivity index (χ0) is 22.7. The van der Waals surface area contributed by atoms with E-state index >= 15 is 0 Å². The molecule has 0 bridgehead atoms. The Balaban J connectivity index is 1.88. The standard InChI is InChI=1S/C25H26ClN3O3/c1-16-23(30)22(17-8-14-21(32-2)15-9-17)24(27-25(31)18-6-4-3-5-7-18)29(28-16)20-12-10-19(26)11-13-20/h8-15,18H,3-7H2,1-2H3,(H,27,31). The monoisotopic (exact) mass is 451 g/mol. The van der Waals surface area contributed by atoms with Crippen molar-refractivity contribution in [3.8, 4) is 22.6 Å². The Hall–Kier alpha value is -3.12. The van der Waals surface area contributed by atoms with Gasteiger partial charge in [-0.25, -0.2) is 4.68 Å². The largest absolute Gasteiger partial charge is 0.497 e. The van der Waals surface area contributed by atoms with Crippen LogP contribution >= 0.6 is 11.6 Å². The van der Waals surface area contributed by atoms with Crippen molar-refractivity contribution < 1.29 is 9.53 Å². The molecular weight excluding hydrogens is 426 g/mol. The molecule has 0 radical (unpaired) electrons. The first-order valence-electron chi connectivity index (χ1n) is 10.8. The first kappa shape index (κ1) is 22.1. The van der Waals surface area contributed by atoms with Crippen LogP contribution in [0.3, 0.4) is 0 Å². The van der Waals surface area contributed by atoms with Crippen molar-refractivity contribution in [3.05, 3.63) is 69.5 Å². The number of nitrogens with zero attached hydrogens (tertiary/aromatic N) is 2. The predicted molar refractivity (Wildman–Crippen MR) is 127 cm³/mol. The summed E-state index contributed by atoms with van der Waals surface area (Å²) in [6.45, 7) is 1.68. The molecule has 0 saturated heterocycles. The number of nitrogens with one attached hydrogen (secondary N) is 1. The Bertz CT molecular complexity index is 1160. The molecule has 1 saturated carbocycles. The topological polar surface area (TPSA) is 73.2 Å². The molecule has 0 unspecified atom stereocenters. The van der Waals surface area contributed by atoms with E-state index < -0.39 is 0 Å². The molecule has 1 aliphatic carbocycles. The number of aryl methyl sites for hydroxylation is 1. The molecule has 32 heavy (non-hydrogen) atoms. The zero-order valence-electron chi connectivity index (χ0n) is 18.2. The highest BCUT2D eigenvalue weighted by Crippen LogP contribution is 2.31. The van der Waals surface area contributed by atoms with Crippen molar-refractivity contribution in [1.29, 1.82) is 0 Å². The van der Waals surface area contributed by atoms with Gasteiger partial charge in [-0.05, 0) is 61.7 Å². The number of rotatable bonds is 5. The number of hydrogen-bond donors (Lipinski definition) is 1. The van der Waals surface area contributed by atoms with Crippen LogP contribution < -0.4 is 15.5 Å². The van der Waals surface area contributed by atoms with E-state index in [1.54, 1.807) is 43.0 Å². The summed E-state index contributed by atoms with van der Waals surface area (Å²) in [4.78, 5) is 26.5. The van der Waals surface area contributed by atoms with Crippen molar-refractivity contribution in [2.45, 2.75) is 39.0 Å². The summed E-state index contributed by atoms with van der Waals surface area (Å²) < 4.78 is 6.88. The van der Waals surface area contributed by atoms with Gasteiger partial charge >= 0.3 is 0 Å². The molecule has 1 N–H and O–H groups in total. The van der Waals surface area contributed by atoms with E-state index in [2.05, 4.69) is 10.4 Å². The number of ether oxygens (including phenoxy) is 1. The average molecular weight is 452 g/mol. The number of hydrogen-bond acceptors (Lipinski definition) is 4. The van der Waals surface area contributed by atoms with Crippen molar-refractivity contribution in [1.82, 2.24) is 9.78 Å². The third-order valence-electron chi connectivity index (χ3n) is 5.92. The molecule has 4 rings (SSSR count). The lowest BCUT2D eigenvalue weighted by Gasteiger charge is -2.23. The van der Waals surface area contributed by atoms with E-state index in [1.165, 1.54) is 0 Å². The van der Waals surface area contributed by atoms with Crippen LogP contribution in [-0.2, 0) is 4.79 Å². The van der Waals surface area contributed by atoms with Gasteiger partial charge in [0.25, 0.3) is 0 Å². The van der Waals surface area contributed by atoms with Crippen LogP contribution in [-0.4, -0.2) is 22.8 Å². The van der Waals surface area contributed by atoms with Gasteiger partial charge in [0.15, 0.2) is 0 Å². The fraction of sp³-hybridized carbons (Fsp3) is 0.320. The minimum absolute atomic E-state index is 0.0671. The van der Waals surface area contributed by atoms with E-state index in [4.69, 9.17) is 16.3 Å². The minimum atomic E-state index is -0.223. The Morgan fingerprint density at radius 1 is 1.06 bits per heavy atom. The van der Waals surface area contributed by atoms with Gasteiger partial charge in [0.2, 0.25) is 11.3 Å². The fourth-order valence-electron chi connectivity index (χ4n) is 4.13. The van der Waals surface area contributed by atoms with E-state index in [-0.39, 0.29) is 17.3 Å². The maximum Gasteiger partial charge on any atom is 0.228 e. The number of amides is 1. The van der Waals surface area contributed by atoms with E-state index in [0.29, 0.717) is 39.1 Å². The highest BCUT2D eigenvalue weighted by Gasteiger charge is 2.25. The average Bonchev–Trinajstić information content (AvgIpc) is 2.83. The number of methoxy groups -OCH3 is 1. The van der Waals surface area contributed by atoms with Crippen LogP contribution in [0.4, 0.5) is 5.82 Å². The quantitative estimate of drug-likeness (QED) is 0.564. The lowest BCUT2D eigenvalue weighted by atomic mass is 9.88. The maximum absolute atomic E-state index is 13.3. The van der Waals surface area contributed by atoms with Crippen LogP contribution in [0.25, 0.3) is 16.8 Å². The van der Waals surface area contributed by atoms with Gasteiger partial charge in [-0.2, -0.15) is 5.10 Å².